The van der Waals surface area contributed by atoms with E-state index < -0.39 is 0 Å². The monoisotopic (exact) mass is 413 g/mol. The number of fused-ring (bicyclic) bond motifs is 1. The zero-order chi connectivity index (χ0) is 21.0. The summed E-state index contributed by atoms with van der Waals surface area (Å²) in [7, 11) is 0. The number of hydrogen-bond acceptors (Lipinski definition) is 3. The number of nitrogens with zero attached hydrogens (tertiary/aromatic N) is 4. The Morgan fingerprint density at radius 1 is 0.968 bits per heavy atom. The highest BCUT2D eigenvalue weighted by atomic mass is 19.1. The molecule has 1 N–H and O–H groups in total. The highest BCUT2D eigenvalue weighted by Gasteiger charge is 2.15. The Balaban J connectivity index is 1.41. The minimum absolute atomic E-state index is 0.226. The first-order valence-corrected chi connectivity index (χ1v) is 10.7. The van der Waals surface area contributed by atoms with Crippen LogP contribution in [0.5, 0.6) is 0 Å². The predicted molar refractivity (Wildman–Crippen MR) is 121 cm³/mol. The molecule has 1 aliphatic rings. The third kappa shape index (κ3) is 4.33. The van der Waals surface area contributed by atoms with Crippen LogP contribution in [0.1, 0.15) is 42.0 Å². The largest absolute Gasteiger partial charge is 0.361 e. The van der Waals surface area contributed by atoms with E-state index in [0.29, 0.717) is 12.8 Å². The maximum atomic E-state index is 13.3. The van der Waals surface area contributed by atoms with Gasteiger partial charge in [-0.1, -0.05) is 36.4 Å². The molecule has 0 radical (unpaired) electrons. The average Bonchev–Trinajstić information content (AvgIpc) is 3.53. The lowest BCUT2D eigenvalue weighted by Gasteiger charge is -2.11. The molecule has 2 aromatic carbocycles. The number of nitrogens with one attached hydrogen (secondary N) is 1. The van der Waals surface area contributed by atoms with Crippen LogP contribution in [0, 0.1) is 5.82 Å². The van der Waals surface area contributed by atoms with Gasteiger partial charge in [0, 0.05) is 54.8 Å². The van der Waals surface area contributed by atoms with Crippen LogP contribution in [0.2, 0.25) is 0 Å². The van der Waals surface area contributed by atoms with Gasteiger partial charge in [0.1, 0.15) is 17.5 Å². The van der Waals surface area contributed by atoms with Crippen molar-refractivity contribution in [3.8, 4) is 0 Å². The molecule has 0 amide bonds. The molecule has 2 aromatic heterocycles. The van der Waals surface area contributed by atoms with E-state index in [0.717, 1.165) is 54.2 Å². The van der Waals surface area contributed by atoms with E-state index in [1.165, 1.54) is 23.1 Å². The van der Waals surface area contributed by atoms with Gasteiger partial charge in [0.05, 0.1) is 0 Å². The van der Waals surface area contributed by atoms with E-state index in [1.807, 2.05) is 24.4 Å². The van der Waals surface area contributed by atoms with Crippen molar-refractivity contribution in [1.29, 1.82) is 0 Å². The number of H-pyrrole nitrogens is 1. The van der Waals surface area contributed by atoms with Crippen molar-refractivity contribution in [3.63, 3.8) is 0 Å². The second kappa shape index (κ2) is 8.68. The first-order valence-electron chi connectivity index (χ1n) is 10.7. The molecule has 0 saturated carbocycles. The molecule has 0 spiro atoms. The third-order valence-electron chi connectivity index (χ3n) is 5.73. The summed E-state index contributed by atoms with van der Waals surface area (Å²) < 4.78 is 15.5. The van der Waals surface area contributed by atoms with Crippen molar-refractivity contribution in [2.45, 2.75) is 38.6 Å². The SMILES string of the molecule is Fc1ccc(Cc2nnc(Cc3c[nH]c4ccccc34)n2CCCC2=CCC=N2)cc1. The fourth-order valence-electron chi connectivity index (χ4n) is 4.12. The third-order valence-corrected chi connectivity index (χ3v) is 5.73. The van der Waals surface area contributed by atoms with E-state index >= 15 is 0 Å². The van der Waals surface area contributed by atoms with Crippen molar-refractivity contribution in [3.05, 3.63) is 95.1 Å². The molecule has 0 unspecified atom stereocenters. The van der Waals surface area contributed by atoms with E-state index in [-0.39, 0.29) is 5.82 Å². The molecule has 1 aliphatic heterocycles. The fraction of sp³-hybridized carbons (Fsp3) is 0.240. The zero-order valence-corrected chi connectivity index (χ0v) is 17.3. The Morgan fingerprint density at radius 2 is 1.77 bits per heavy atom. The molecular formula is C25H24FN5. The molecule has 0 fully saturated rings. The lowest BCUT2D eigenvalue weighted by atomic mass is 10.1. The number of aromatic amines is 1. The Kier molecular flexibility index (Phi) is 5.44. The molecule has 0 saturated heterocycles. The molecule has 0 bridgehead atoms. The molecule has 156 valence electrons. The molecule has 0 aliphatic carbocycles. The first-order chi connectivity index (χ1) is 15.3. The highest BCUT2D eigenvalue weighted by molar-refractivity contribution is 5.83. The van der Waals surface area contributed by atoms with E-state index in [2.05, 4.69) is 55.2 Å². The number of rotatable bonds is 8. The van der Waals surface area contributed by atoms with Gasteiger partial charge in [-0.25, -0.2) is 4.39 Å². The Hall–Kier alpha value is -3.54. The van der Waals surface area contributed by atoms with Gasteiger partial charge in [-0.2, -0.15) is 0 Å². The van der Waals surface area contributed by atoms with Crippen LogP contribution in [0.3, 0.4) is 0 Å². The molecule has 5 nitrogen and oxygen atoms in total. The summed E-state index contributed by atoms with van der Waals surface area (Å²) in [5, 5.41) is 10.3. The maximum absolute atomic E-state index is 13.3. The van der Waals surface area contributed by atoms with E-state index in [1.54, 1.807) is 0 Å². The van der Waals surface area contributed by atoms with Crippen LogP contribution in [-0.2, 0) is 19.4 Å². The summed E-state index contributed by atoms with van der Waals surface area (Å²) in [5.74, 6) is 1.63. The average molecular weight is 414 g/mol. The van der Waals surface area contributed by atoms with Crippen LogP contribution in [0.25, 0.3) is 10.9 Å². The Labute approximate surface area is 180 Å². The fourth-order valence-corrected chi connectivity index (χ4v) is 4.12. The first kappa shape index (κ1) is 19.4. The van der Waals surface area contributed by atoms with E-state index in [9.17, 15) is 4.39 Å². The second-order valence-electron chi connectivity index (χ2n) is 7.87. The maximum Gasteiger partial charge on any atom is 0.137 e. The van der Waals surface area contributed by atoms with Crippen molar-refractivity contribution < 1.29 is 4.39 Å². The van der Waals surface area contributed by atoms with Crippen molar-refractivity contribution in [2.24, 2.45) is 4.99 Å². The summed E-state index contributed by atoms with van der Waals surface area (Å²) in [4.78, 5) is 7.77. The smallest absolute Gasteiger partial charge is 0.137 e. The number of halogens is 1. The number of aliphatic imine (C=N–C) groups is 1. The summed E-state index contributed by atoms with van der Waals surface area (Å²) in [6.07, 6.45) is 10.4. The number of allylic oxidation sites excluding steroid dienone is 2. The van der Waals surface area contributed by atoms with Crippen molar-refractivity contribution >= 4 is 17.1 Å². The standard InChI is InChI=1S/C25H24FN5/c26-20-11-9-18(10-12-20)15-24-29-30-25(31(24)14-4-6-21-5-3-13-27-21)16-19-17-28-23-8-2-1-7-22(19)23/h1-2,5,7-13,17,28H,3-4,6,14-16H2. The summed E-state index contributed by atoms with van der Waals surface area (Å²) >= 11 is 0. The van der Waals surface area contributed by atoms with Gasteiger partial charge in [-0.05, 0) is 42.2 Å². The Morgan fingerprint density at radius 3 is 2.58 bits per heavy atom. The van der Waals surface area contributed by atoms with Gasteiger partial charge < -0.3 is 9.55 Å². The van der Waals surface area contributed by atoms with Crippen LogP contribution < -0.4 is 0 Å². The van der Waals surface area contributed by atoms with Crippen molar-refractivity contribution in [2.75, 3.05) is 0 Å². The van der Waals surface area contributed by atoms with Gasteiger partial charge in [-0.15, -0.1) is 10.2 Å². The lowest BCUT2D eigenvalue weighted by Crippen LogP contribution is -2.09. The van der Waals surface area contributed by atoms with Gasteiger partial charge in [0.15, 0.2) is 0 Å². The summed E-state index contributed by atoms with van der Waals surface area (Å²) in [6, 6.07) is 14.9. The number of aromatic nitrogens is 4. The molecule has 3 heterocycles. The van der Waals surface area contributed by atoms with E-state index in [4.69, 9.17) is 0 Å². The van der Waals surface area contributed by atoms with Crippen LogP contribution in [0.15, 0.2) is 71.5 Å². The highest BCUT2D eigenvalue weighted by Crippen LogP contribution is 2.22. The molecule has 5 rings (SSSR count). The Bertz CT molecular complexity index is 1250. The van der Waals surface area contributed by atoms with Gasteiger partial charge in [0.25, 0.3) is 0 Å². The predicted octanol–water partition coefficient (Wildman–Crippen LogP) is 5.22. The van der Waals surface area contributed by atoms with Crippen LogP contribution in [-0.4, -0.2) is 26.0 Å². The lowest BCUT2D eigenvalue weighted by molar-refractivity contribution is 0.593. The minimum Gasteiger partial charge on any atom is -0.361 e. The number of hydrogen-bond donors (Lipinski definition) is 1. The van der Waals surface area contributed by atoms with Gasteiger partial charge in [0.2, 0.25) is 0 Å². The molecule has 31 heavy (non-hydrogen) atoms. The van der Waals surface area contributed by atoms with Gasteiger partial charge >= 0.3 is 0 Å². The second-order valence-corrected chi connectivity index (χ2v) is 7.87. The minimum atomic E-state index is -0.226. The van der Waals surface area contributed by atoms with Crippen LogP contribution >= 0.6 is 0 Å². The molecule has 4 aromatic rings. The molecular weight excluding hydrogens is 389 g/mol. The summed E-state index contributed by atoms with van der Waals surface area (Å²) in [6.45, 7) is 0.827. The quantitative estimate of drug-likeness (QED) is 0.431. The summed E-state index contributed by atoms with van der Waals surface area (Å²) in [5.41, 5.74) is 4.52. The topological polar surface area (TPSA) is 58.9 Å². The molecule has 6 heteroatoms. The van der Waals surface area contributed by atoms with Crippen LogP contribution in [0.4, 0.5) is 4.39 Å². The molecule has 0 atom stereocenters. The normalized spacial score (nSPS) is 13.3. The zero-order valence-electron chi connectivity index (χ0n) is 17.3. The van der Waals surface area contributed by atoms with Gasteiger partial charge in [-0.3, -0.25) is 4.99 Å². The number of para-hydroxylation sites is 1. The number of benzene rings is 2. The van der Waals surface area contributed by atoms with Crippen molar-refractivity contribution in [1.82, 2.24) is 19.7 Å².